The summed E-state index contributed by atoms with van der Waals surface area (Å²) in [5.74, 6) is -1.73. The van der Waals surface area contributed by atoms with Crippen LogP contribution in [-0.2, 0) is 38.7 Å². The van der Waals surface area contributed by atoms with Gasteiger partial charge in [-0.2, -0.15) is 8.42 Å². The molecule has 0 spiro atoms. The zero-order valence-corrected chi connectivity index (χ0v) is 23.1. The topological polar surface area (TPSA) is 155 Å². The lowest BCUT2D eigenvalue weighted by molar-refractivity contribution is -0.193. The highest BCUT2D eigenvalue weighted by atomic mass is 32.2. The molecule has 4 atom stereocenters. The molecule has 0 aliphatic carbocycles. The number of thioether (sulfide) groups is 1. The number of esters is 3. The van der Waals surface area contributed by atoms with Crippen LogP contribution >= 0.6 is 11.8 Å². The number of hydrogen-bond acceptors (Lipinski definition) is 11. The molecular weight excluding hydrogens is 514 g/mol. The second kappa shape index (κ2) is 14.4. The maximum atomic E-state index is 12.5. The van der Waals surface area contributed by atoms with Gasteiger partial charge in [0.05, 0.1) is 30.2 Å². The SMILES string of the molecule is CC(C)C(=O)O[C@@H]1[C@@H](OC(=O)C(C)C)[C@H](OC(=O)C(C)C)CS[C@H]1Oc1cccnc1.CS(=O)(=O)O. The minimum absolute atomic E-state index is 0.315. The Hall–Kier alpha value is -2.38. The van der Waals surface area contributed by atoms with Crippen molar-refractivity contribution in [3.8, 4) is 5.75 Å². The van der Waals surface area contributed by atoms with Crippen LogP contribution in [0, 0.1) is 17.8 Å². The lowest BCUT2D eigenvalue weighted by Gasteiger charge is -2.40. The second-order valence-electron chi connectivity index (χ2n) is 8.98. The molecule has 36 heavy (non-hydrogen) atoms. The van der Waals surface area contributed by atoms with Gasteiger partial charge in [-0.3, -0.25) is 23.9 Å². The lowest BCUT2D eigenvalue weighted by Crippen LogP contribution is -2.56. The molecule has 0 radical (unpaired) electrons. The molecule has 1 aliphatic heterocycles. The summed E-state index contributed by atoms with van der Waals surface area (Å²) in [4.78, 5) is 41.2. The fourth-order valence-corrected chi connectivity index (χ4v) is 3.81. The van der Waals surface area contributed by atoms with E-state index in [2.05, 4.69) is 4.98 Å². The van der Waals surface area contributed by atoms with Gasteiger partial charge < -0.3 is 18.9 Å². The summed E-state index contributed by atoms with van der Waals surface area (Å²) >= 11 is 1.33. The molecule has 1 aromatic heterocycles. The smallest absolute Gasteiger partial charge is 0.308 e. The Labute approximate surface area is 216 Å². The van der Waals surface area contributed by atoms with Crippen molar-refractivity contribution in [3.63, 3.8) is 0 Å². The Morgan fingerprint density at radius 2 is 1.42 bits per heavy atom. The van der Waals surface area contributed by atoms with Crippen molar-refractivity contribution in [2.45, 2.75) is 65.3 Å². The van der Waals surface area contributed by atoms with E-state index in [0.29, 0.717) is 17.8 Å². The minimum atomic E-state index is -3.67. The van der Waals surface area contributed by atoms with E-state index in [1.807, 2.05) is 0 Å². The van der Waals surface area contributed by atoms with Gasteiger partial charge >= 0.3 is 17.9 Å². The van der Waals surface area contributed by atoms with E-state index in [0.717, 1.165) is 0 Å². The lowest BCUT2D eigenvalue weighted by atomic mass is 10.1. The quantitative estimate of drug-likeness (QED) is 0.288. The summed E-state index contributed by atoms with van der Waals surface area (Å²) in [6.45, 7) is 10.3. The number of carbonyl (C=O) groups excluding carboxylic acids is 3. The first-order valence-corrected chi connectivity index (χ1v) is 14.2. The molecule has 1 saturated heterocycles. The maximum Gasteiger partial charge on any atom is 0.308 e. The molecule has 1 fully saturated rings. The normalized spacial score (nSPS) is 21.9. The summed E-state index contributed by atoms with van der Waals surface area (Å²) in [6, 6.07) is 3.45. The summed E-state index contributed by atoms with van der Waals surface area (Å²) in [7, 11) is -3.67. The van der Waals surface area contributed by atoms with Gasteiger partial charge in [-0.15, -0.1) is 11.8 Å². The van der Waals surface area contributed by atoms with Gasteiger partial charge in [-0.05, 0) is 12.1 Å². The van der Waals surface area contributed by atoms with E-state index in [-0.39, 0.29) is 5.92 Å². The maximum absolute atomic E-state index is 12.5. The van der Waals surface area contributed by atoms with E-state index in [1.54, 1.807) is 66.1 Å². The molecule has 1 aromatic rings. The van der Waals surface area contributed by atoms with Crippen molar-refractivity contribution >= 4 is 39.8 Å². The van der Waals surface area contributed by atoms with Gasteiger partial charge in [-0.1, -0.05) is 41.5 Å². The van der Waals surface area contributed by atoms with Crippen LogP contribution in [0.25, 0.3) is 0 Å². The molecule has 0 bridgehead atoms. The van der Waals surface area contributed by atoms with Gasteiger partial charge in [-0.25, -0.2) is 0 Å². The van der Waals surface area contributed by atoms with Crippen LogP contribution in [0.5, 0.6) is 5.75 Å². The van der Waals surface area contributed by atoms with Crippen LogP contribution in [-0.4, -0.2) is 71.6 Å². The zero-order chi connectivity index (χ0) is 27.6. The van der Waals surface area contributed by atoms with Crippen molar-refractivity contribution in [2.24, 2.45) is 17.8 Å². The van der Waals surface area contributed by atoms with Gasteiger partial charge in [0.15, 0.2) is 23.7 Å². The Morgan fingerprint density at radius 1 is 0.944 bits per heavy atom. The van der Waals surface area contributed by atoms with Crippen molar-refractivity contribution in [1.29, 1.82) is 0 Å². The molecule has 1 aliphatic rings. The highest BCUT2D eigenvalue weighted by molar-refractivity contribution is 7.99. The van der Waals surface area contributed by atoms with Crippen LogP contribution < -0.4 is 4.74 Å². The molecule has 0 saturated carbocycles. The van der Waals surface area contributed by atoms with Crippen LogP contribution in [0.4, 0.5) is 0 Å². The Kier molecular flexibility index (Phi) is 12.6. The third-order valence-corrected chi connectivity index (χ3v) is 5.67. The largest absolute Gasteiger partial charge is 0.474 e. The monoisotopic (exact) mass is 549 g/mol. The van der Waals surface area contributed by atoms with Gasteiger partial charge in [0.1, 0.15) is 5.75 Å². The number of rotatable bonds is 8. The predicted octanol–water partition coefficient (Wildman–Crippen LogP) is 2.74. The fraction of sp³-hybridized carbons (Fsp3) is 0.652. The molecule has 1 N–H and O–H groups in total. The van der Waals surface area contributed by atoms with E-state index in [4.69, 9.17) is 23.5 Å². The molecule has 0 aromatic carbocycles. The Bertz CT molecular complexity index is 958. The fourth-order valence-electron chi connectivity index (χ4n) is 2.59. The Morgan fingerprint density at radius 3 is 1.86 bits per heavy atom. The van der Waals surface area contributed by atoms with Crippen LogP contribution in [0.1, 0.15) is 41.5 Å². The van der Waals surface area contributed by atoms with E-state index in [9.17, 15) is 22.8 Å². The van der Waals surface area contributed by atoms with Crippen molar-refractivity contribution in [1.82, 2.24) is 4.98 Å². The number of pyridine rings is 1. The van der Waals surface area contributed by atoms with Crippen LogP contribution in [0.2, 0.25) is 0 Å². The van der Waals surface area contributed by atoms with E-state index >= 15 is 0 Å². The molecule has 2 heterocycles. The van der Waals surface area contributed by atoms with Gasteiger partial charge in [0, 0.05) is 11.9 Å². The molecular formula is C23H35NO10S2. The highest BCUT2D eigenvalue weighted by Crippen LogP contribution is 2.35. The van der Waals surface area contributed by atoms with E-state index < -0.39 is 63.6 Å². The third kappa shape index (κ3) is 11.6. The highest BCUT2D eigenvalue weighted by Gasteiger charge is 2.49. The van der Waals surface area contributed by atoms with Crippen molar-refractivity contribution in [2.75, 3.05) is 12.0 Å². The number of nitrogens with zero attached hydrogens (tertiary/aromatic N) is 1. The molecule has 11 nitrogen and oxygen atoms in total. The Balaban J connectivity index is 0.00000118. The summed E-state index contributed by atoms with van der Waals surface area (Å²) < 4.78 is 48.9. The van der Waals surface area contributed by atoms with Crippen molar-refractivity contribution < 1.29 is 46.3 Å². The second-order valence-corrected chi connectivity index (χ2v) is 11.6. The molecule has 0 unspecified atom stereocenters. The van der Waals surface area contributed by atoms with E-state index in [1.165, 1.54) is 11.8 Å². The number of carbonyl (C=O) groups is 3. The molecule has 0 amide bonds. The molecule has 204 valence electrons. The number of hydrogen-bond donors (Lipinski definition) is 1. The van der Waals surface area contributed by atoms with Crippen LogP contribution in [0.15, 0.2) is 24.5 Å². The van der Waals surface area contributed by atoms with Gasteiger partial charge in [0.2, 0.25) is 0 Å². The summed E-state index contributed by atoms with van der Waals surface area (Å²) in [5.41, 5.74) is -0.675. The third-order valence-electron chi connectivity index (χ3n) is 4.46. The summed E-state index contributed by atoms with van der Waals surface area (Å²) in [6.07, 6.45) is 1.13. The first-order chi connectivity index (χ1) is 16.6. The number of ether oxygens (including phenoxy) is 4. The van der Waals surface area contributed by atoms with Gasteiger partial charge in [0.25, 0.3) is 10.1 Å². The average molecular weight is 550 g/mol. The summed E-state index contributed by atoms with van der Waals surface area (Å²) in [5, 5.41) is 0. The molecule has 13 heteroatoms. The van der Waals surface area contributed by atoms with Crippen LogP contribution in [0.3, 0.4) is 0 Å². The zero-order valence-electron chi connectivity index (χ0n) is 21.4. The standard InChI is InChI=1S/C22H31NO7S.CH4O3S/c1-12(2)19(24)28-16-11-31-22(27-15-8-7-9-23-10-15)18(30-21(26)14(5)6)17(16)29-20(25)13(3)4;1-5(2,3)4/h7-10,12-14,16-18,22H,11H2,1-6H3;1H3,(H,2,3,4)/t16-,17+,18-,22-;/m1./s1. The first kappa shape index (κ1) is 31.6. The first-order valence-electron chi connectivity index (χ1n) is 11.3. The predicted molar refractivity (Wildman–Crippen MR) is 133 cm³/mol. The minimum Gasteiger partial charge on any atom is -0.474 e. The average Bonchev–Trinajstić information content (AvgIpc) is 2.76. The van der Waals surface area contributed by atoms with Crippen molar-refractivity contribution in [3.05, 3.63) is 24.5 Å². The molecule has 2 rings (SSSR count). The number of aromatic nitrogens is 1.